The second kappa shape index (κ2) is 12.6. The number of amides is 4. The first-order chi connectivity index (χ1) is 17.5. The van der Waals surface area contributed by atoms with Crippen molar-refractivity contribution < 1.29 is 23.9 Å². The summed E-state index contributed by atoms with van der Waals surface area (Å²) in [6.07, 6.45) is 3.72. The van der Waals surface area contributed by atoms with E-state index in [1.807, 2.05) is 52.8 Å². The Hall–Kier alpha value is -3.10. The summed E-state index contributed by atoms with van der Waals surface area (Å²) in [4.78, 5) is 54.2. The van der Waals surface area contributed by atoms with Gasteiger partial charge >= 0.3 is 6.09 Å². The summed E-state index contributed by atoms with van der Waals surface area (Å²) < 4.78 is 5.34. The third-order valence-electron chi connectivity index (χ3n) is 6.37. The van der Waals surface area contributed by atoms with Crippen molar-refractivity contribution in [3.63, 3.8) is 0 Å². The molecule has 1 aliphatic rings. The van der Waals surface area contributed by atoms with Gasteiger partial charge in [-0.15, -0.1) is 0 Å². The molecule has 1 fully saturated rings. The molecule has 4 N–H and O–H groups in total. The summed E-state index contributed by atoms with van der Waals surface area (Å²) in [6.45, 7) is 14.4. The van der Waals surface area contributed by atoms with Crippen LogP contribution in [0.4, 0.5) is 4.79 Å². The molecule has 0 aliphatic heterocycles. The molecule has 0 heterocycles. The molecule has 9 nitrogen and oxygen atoms in total. The van der Waals surface area contributed by atoms with Crippen LogP contribution in [0.1, 0.15) is 103 Å². The van der Waals surface area contributed by atoms with Gasteiger partial charge in [-0.3, -0.25) is 14.4 Å². The van der Waals surface area contributed by atoms with Crippen LogP contribution < -0.4 is 16.4 Å². The largest absolute Gasteiger partial charge is 0.444 e. The van der Waals surface area contributed by atoms with Crippen molar-refractivity contribution in [2.24, 2.45) is 5.73 Å². The highest BCUT2D eigenvalue weighted by Crippen LogP contribution is 2.32. The van der Waals surface area contributed by atoms with Crippen LogP contribution in [-0.4, -0.2) is 51.9 Å². The van der Waals surface area contributed by atoms with Gasteiger partial charge in [0.15, 0.2) is 0 Å². The summed E-state index contributed by atoms with van der Waals surface area (Å²) in [5, 5.41) is 5.70. The minimum Gasteiger partial charge on any atom is -0.444 e. The van der Waals surface area contributed by atoms with E-state index < -0.39 is 47.6 Å². The highest BCUT2D eigenvalue weighted by Gasteiger charge is 2.42. The number of ether oxygens (including phenoxy) is 1. The molecule has 0 aromatic heterocycles. The average molecular weight is 531 g/mol. The molecule has 0 bridgehead atoms. The number of aryl methyl sites for hydroxylation is 2. The molecule has 2 atom stereocenters. The number of hydrogen-bond donors (Lipinski definition) is 3. The maximum absolute atomic E-state index is 14.2. The van der Waals surface area contributed by atoms with Crippen LogP contribution >= 0.6 is 0 Å². The van der Waals surface area contributed by atoms with Gasteiger partial charge in [-0.25, -0.2) is 4.79 Å². The molecule has 0 spiro atoms. The molecule has 2 unspecified atom stereocenters. The van der Waals surface area contributed by atoms with E-state index in [0.717, 1.165) is 43.2 Å². The van der Waals surface area contributed by atoms with E-state index >= 15 is 0 Å². The third kappa shape index (κ3) is 9.33. The summed E-state index contributed by atoms with van der Waals surface area (Å²) >= 11 is 0. The van der Waals surface area contributed by atoms with Gasteiger partial charge in [0.1, 0.15) is 17.7 Å². The quantitative estimate of drug-likeness (QED) is 0.464. The summed E-state index contributed by atoms with van der Waals surface area (Å²) in [6, 6.07) is 3.53. The van der Waals surface area contributed by atoms with E-state index in [0.29, 0.717) is 5.56 Å². The highest BCUT2D eigenvalue weighted by molar-refractivity contribution is 5.95. The molecule has 9 heteroatoms. The minimum atomic E-state index is -1.31. The van der Waals surface area contributed by atoms with Crippen molar-refractivity contribution in [2.75, 3.05) is 0 Å². The zero-order chi connectivity index (χ0) is 28.8. The van der Waals surface area contributed by atoms with Gasteiger partial charge in [-0.2, -0.15) is 0 Å². The fraction of sp³-hybridized carbons (Fsp3) is 0.655. The monoisotopic (exact) mass is 530 g/mol. The molecular formula is C29H46N4O5. The van der Waals surface area contributed by atoms with E-state index in [9.17, 15) is 19.2 Å². The van der Waals surface area contributed by atoms with E-state index in [2.05, 4.69) is 10.6 Å². The zero-order valence-corrected chi connectivity index (χ0v) is 24.3. The Morgan fingerprint density at radius 1 is 0.974 bits per heavy atom. The van der Waals surface area contributed by atoms with E-state index in [1.165, 1.54) is 4.90 Å². The maximum atomic E-state index is 14.2. The van der Waals surface area contributed by atoms with E-state index in [-0.39, 0.29) is 11.9 Å². The first-order valence-corrected chi connectivity index (χ1v) is 13.5. The maximum Gasteiger partial charge on any atom is 0.408 e. The molecule has 212 valence electrons. The van der Waals surface area contributed by atoms with Crippen molar-refractivity contribution >= 4 is 23.8 Å². The summed E-state index contributed by atoms with van der Waals surface area (Å²) in [5.41, 5.74) is 6.38. The fourth-order valence-corrected chi connectivity index (χ4v) is 4.98. The smallest absolute Gasteiger partial charge is 0.408 e. The molecule has 1 aromatic rings. The standard InChI is InChI=1S/C29H46N4O5/c1-18-14-19(2)16-20(15-18)24(25(35)31-21-12-10-9-11-13-21)33(28(3,4)5)26(36)22(17-23(30)34)32-27(37)38-29(6,7)8/h14-16,21-22,24H,9-13,17H2,1-8H3,(H2,30,34)(H,31,35)(H,32,37). The Bertz CT molecular complexity index is 999. The second-order valence-electron chi connectivity index (χ2n) is 12.4. The van der Waals surface area contributed by atoms with Crippen LogP contribution in [0.2, 0.25) is 0 Å². The van der Waals surface area contributed by atoms with Crippen molar-refractivity contribution in [2.45, 2.75) is 123 Å². The van der Waals surface area contributed by atoms with Gasteiger partial charge < -0.3 is 26.0 Å². The van der Waals surface area contributed by atoms with Crippen LogP contribution in [0.25, 0.3) is 0 Å². The molecule has 38 heavy (non-hydrogen) atoms. The first-order valence-electron chi connectivity index (χ1n) is 13.5. The number of carbonyl (C=O) groups excluding carboxylic acids is 4. The first kappa shape index (κ1) is 31.1. The number of nitrogens with one attached hydrogen (secondary N) is 2. The Morgan fingerprint density at radius 2 is 1.53 bits per heavy atom. The number of benzene rings is 1. The van der Waals surface area contributed by atoms with Gasteiger partial charge in [-0.05, 0) is 73.8 Å². The number of rotatable bonds is 8. The predicted octanol–water partition coefficient (Wildman–Crippen LogP) is 4.19. The lowest BCUT2D eigenvalue weighted by Gasteiger charge is -2.43. The van der Waals surface area contributed by atoms with Gasteiger partial charge in [0.25, 0.3) is 0 Å². The highest BCUT2D eigenvalue weighted by atomic mass is 16.6. The number of nitrogens with zero attached hydrogens (tertiary/aromatic N) is 1. The Labute approximate surface area is 227 Å². The van der Waals surface area contributed by atoms with Crippen LogP contribution in [0.3, 0.4) is 0 Å². The van der Waals surface area contributed by atoms with Crippen LogP contribution in [-0.2, 0) is 19.1 Å². The fourth-order valence-electron chi connectivity index (χ4n) is 4.98. The van der Waals surface area contributed by atoms with Gasteiger partial charge in [0, 0.05) is 11.6 Å². The molecule has 1 aliphatic carbocycles. The van der Waals surface area contributed by atoms with Crippen molar-refractivity contribution in [3.8, 4) is 0 Å². The molecule has 0 saturated heterocycles. The topological polar surface area (TPSA) is 131 Å². The van der Waals surface area contributed by atoms with Crippen molar-refractivity contribution in [1.82, 2.24) is 15.5 Å². The van der Waals surface area contributed by atoms with Gasteiger partial charge in [0.05, 0.1) is 6.42 Å². The third-order valence-corrected chi connectivity index (χ3v) is 6.37. The van der Waals surface area contributed by atoms with Crippen molar-refractivity contribution in [1.29, 1.82) is 0 Å². The normalized spacial score (nSPS) is 16.2. The zero-order valence-electron chi connectivity index (χ0n) is 24.3. The van der Waals surface area contributed by atoms with Crippen LogP contribution in [0.5, 0.6) is 0 Å². The summed E-state index contributed by atoms with van der Waals surface area (Å²) in [5.74, 6) is -1.65. The number of primary amides is 1. The van der Waals surface area contributed by atoms with E-state index in [4.69, 9.17) is 10.5 Å². The molecular weight excluding hydrogens is 484 g/mol. The molecule has 1 saturated carbocycles. The lowest BCUT2D eigenvalue weighted by molar-refractivity contribution is -0.149. The second-order valence-corrected chi connectivity index (χ2v) is 12.4. The average Bonchev–Trinajstić information content (AvgIpc) is 2.73. The lowest BCUT2D eigenvalue weighted by Crippen LogP contribution is -2.59. The molecule has 1 aromatic carbocycles. The molecule has 2 rings (SSSR count). The van der Waals surface area contributed by atoms with Gasteiger partial charge in [0.2, 0.25) is 17.7 Å². The van der Waals surface area contributed by atoms with Crippen LogP contribution in [0.15, 0.2) is 18.2 Å². The number of alkyl carbamates (subject to hydrolysis) is 1. The predicted molar refractivity (Wildman–Crippen MR) is 147 cm³/mol. The van der Waals surface area contributed by atoms with E-state index in [1.54, 1.807) is 20.8 Å². The van der Waals surface area contributed by atoms with Gasteiger partial charge in [-0.1, -0.05) is 48.6 Å². The molecule has 0 radical (unpaired) electrons. The van der Waals surface area contributed by atoms with Crippen LogP contribution in [0, 0.1) is 13.8 Å². The Morgan fingerprint density at radius 3 is 2.00 bits per heavy atom. The Balaban J connectivity index is 2.57. The molecule has 4 amide bonds. The lowest BCUT2D eigenvalue weighted by atomic mass is 9.91. The number of carbonyl (C=O) groups is 4. The Kier molecular flexibility index (Phi) is 10.3. The minimum absolute atomic E-state index is 0.0304. The summed E-state index contributed by atoms with van der Waals surface area (Å²) in [7, 11) is 0. The number of nitrogens with two attached hydrogens (primary N) is 1. The van der Waals surface area contributed by atoms with Crippen molar-refractivity contribution in [3.05, 3.63) is 34.9 Å². The number of hydrogen-bond acceptors (Lipinski definition) is 5. The SMILES string of the molecule is Cc1cc(C)cc(C(C(=O)NC2CCCCC2)N(C(=O)C(CC(N)=O)NC(=O)OC(C)(C)C)C(C)(C)C)c1.